The lowest BCUT2D eigenvalue weighted by Crippen LogP contribution is -2.10. The molecule has 1 amide bonds. The van der Waals surface area contributed by atoms with Gasteiger partial charge in [-0.15, -0.1) is 0 Å². The fraction of sp³-hybridized carbons (Fsp3) is 0. The SMILES string of the molecule is Nc1cccc(NC(=O)c2ccc([N+](=O)[O-])s2)c1. The van der Waals surface area contributed by atoms with E-state index in [0.717, 1.165) is 11.3 Å². The van der Waals surface area contributed by atoms with Gasteiger partial charge in [0.1, 0.15) is 0 Å². The van der Waals surface area contributed by atoms with Gasteiger partial charge in [-0.3, -0.25) is 14.9 Å². The van der Waals surface area contributed by atoms with Crippen LogP contribution in [0.3, 0.4) is 0 Å². The number of anilines is 2. The van der Waals surface area contributed by atoms with Gasteiger partial charge >= 0.3 is 5.00 Å². The summed E-state index contributed by atoms with van der Waals surface area (Å²) in [6.07, 6.45) is 0. The molecule has 0 saturated carbocycles. The Morgan fingerprint density at radius 1 is 1.33 bits per heavy atom. The number of nitro groups is 1. The Hall–Kier alpha value is -2.41. The monoisotopic (exact) mass is 263 g/mol. The number of carbonyl (C=O) groups excluding carboxylic acids is 1. The number of benzene rings is 1. The van der Waals surface area contributed by atoms with Crippen molar-refractivity contribution in [2.75, 3.05) is 11.1 Å². The van der Waals surface area contributed by atoms with E-state index in [-0.39, 0.29) is 9.88 Å². The fourth-order valence-electron chi connectivity index (χ4n) is 1.36. The van der Waals surface area contributed by atoms with Gasteiger partial charge in [-0.2, -0.15) is 0 Å². The van der Waals surface area contributed by atoms with Crippen LogP contribution in [0.15, 0.2) is 36.4 Å². The number of amides is 1. The predicted octanol–water partition coefficient (Wildman–Crippen LogP) is 2.49. The first-order valence-electron chi connectivity index (χ1n) is 4.97. The number of hydrogen-bond acceptors (Lipinski definition) is 5. The maximum absolute atomic E-state index is 11.8. The summed E-state index contributed by atoms with van der Waals surface area (Å²) in [4.78, 5) is 22.1. The Labute approximate surface area is 106 Å². The molecule has 0 bridgehead atoms. The van der Waals surface area contributed by atoms with Gasteiger partial charge in [-0.25, -0.2) is 0 Å². The standard InChI is InChI=1S/C11H9N3O3S/c12-7-2-1-3-8(6-7)13-11(15)9-4-5-10(18-9)14(16)17/h1-6H,12H2,(H,13,15). The molecule has 18 heavy (non-hydrogen) atoms. The van der Waals surface area contributed by atoms with E-state index in [4.69, 9.17) is 5.73 Å². The maximum atomic E-state index is 11.8. The van der Waals surface area contributed by atoms with Gasteiger partial charge in [0.05, 0.1) is 9.80 Å². The van der Waals surface area contributed by atoms with E-state index in [9.17, 15) is 14.9 Å². The van der Waals surface area contributed by atoms with Crippen molar-refractivity contribution < 1.29 is 9.72 Å². The number of thiophene rings is 1. The first-order chi connectivity index (χ1) is 8.56. The lowest BCUT2D eigenvalue weighted by molar-refractivity contribution is -0.380. The summed E-state index contributed by atoms with van der Waals surface area (Å²) in [5.41, 5.74) is 6.66. The minimum Gasteiger partial charge on any atom is -0.399 e. The second kappa shape index (κ2) is 4.84. The Bertz CT molecular complexity index is 609. The van der Waals surface area contributed by atoms with Crippen LogP contribution in [-0.2, 0) is 0 Å². The number of rotatable bonds is 3. The molecule has 1 heterocycles. The average molecular weight is 263 g/mol. The van der Waals surface area contributed by atoms with Crippen LogP contribution >= 0.6 is 11.3 Å². The molecule has 1 aromatic carbocycles. The van der Waals surface area contributed by atoms with E-state index in [2.05, 4.69) is 5.32 Å². The quantitative estimate of drug-likeness (QED) is 0.505. The van der Waals surface area contributed by atoms with Crippen LogP contribution in [0.2, 0.25) is 0 Å². The molecule has 0 saturated heterocycles. The van der Waals surface area contributed by atoms with Crippen LogP contribution in [-0.4, -0.2) is 10.8 Å². The van der Waals surface area contributed by atoms with Crippen molar-refractivity contribution in [3.63, 3.8) is 0 Å². The minimum absolute atomic E-state index is 0.0623. The summed E-state index contributed by atoms with van der Waals surface area (Å²) < 4.78 is 0. The third-order valence-electron chi connectivity index (χ3n) is 2.14. The second-order valence-electron chi connectivity index (χ2n) is 3.47. The molecule has 0 atom stereocenters. The highest BCUT2D eigenvalue weighted by atomic mass is 32.1. The van der Waals surface area contributed by atoms with Crippen molar-refractivity contribution in [2.24, 2.45) is 0 Å². The van der Waals surface area contributed by atoms with Crippen LogP contribution in [0.1, 0.15) is 9.67 Å². The van der Waals surface area contributed by atoms with Gasteiger partial charge in [0.25, 0.3) is 5.91 Å². The van der Waals surface area contributed by atoms with Crippen LogP contribution in [0.4, 0.5) is 16.4 Å². The number of carbonyl (C=O) groups is 1. The normalized spacial score (nSPS) is 10.0. The first kappa shape index (κ1) is 12.1. The predicted molar refractivity (Wildman–Crippen MR) is 69.8 cm³/mol. The summed E-state index contributed by atoms with van der Waals surface area (Å²) >= 11 is 0.830. The van der Waals surface area contributed by atoms with Crippen molar-refractivity contribution in [1.29, 1.82) is 0 Å². The topological polar surface area (TPSA) is 98.3 Å². The second-order valence-corrected chi connectivity index (χ2v) is 4.54. The number of hydrogen-bond donors (Lipinski definition) is 2. The van der Waals surface area contributed by atoms with Gasteiger partial charge in [0, 0.05) is 17.4 Å². The summed E-state index contributed by atoms with van der Waals surface area (Å²) in [6.45, 7) is 0. The van der Waals surface area contributed by atoms with Crippen molar-refractivity contribution in [2.45, 2.75) is 0 Å². The number of nitrogens with two attached hydrogens (primary N) is 1. The van der Waals surface area contributed by atoms with Gasteiger partial charge in [-0.05, 0) is 24.3 Å². The molecule has 1 aromatic heterocycles. The van der Waals surface area contributed by atoms with Crippen LogP contribution < -0.4 is 11.1 Å². The molecule has 0 spiro atoms. The highest BCUT2D eigenvalue weighted by Gasteiger charge is 2.15. The Kier molecular flexibility index (Phi) is 3.24. The van der Waals surface area contributed by atoms with Gasteiger partial charge in [0.15, 0.2) is 0 Å². The summed E-state index contributed by atoms with van der Waals surface area (Å²) in [5.74, 6) is -0.390. The van der Waals surface area contributed by atoms with Gasteiger partial charge in [-0.1, -0.05) is 17.4 Å². The minimum atomic E-state index is -0.526. The molecular formula is C11H9N3O3S. The average Bonchev–Trinajstić information content (AvgIpc) is 2.78. The fourth-order valence-corrected chi connectivity index (χ4v) is 2.07. The largest absolute Gasteiger partial charge is 0.399 e. The molecular weight excluding hydrogens is 254 g/mol. The van der Waals surface area contributed by atoms with Crippen molar-refractivity contribution in [3.8, 4) is 0 Å². The lowest BCUT2D eigenvalue weighted by Gasteiger charge is -2.03. The molecule has 0 aliphatic rings. The zero-order valence-corrected chi connectivity index (χ0v) is 9.94. The van der Waals surface area contributed by atoms with E-state index in [1.54, 1.807) is 24.3 Å². The maximum Gasteiger partial charge on any atom is 0.324 e. The summed E-state index contributed by atoms with van der Waals surface area (Å²) in [6, 6.07) is 9.44. The van der Waals surface area contributed by atoms with Crippen molar-refractivity contribution >= 4 is 33.6 Å². The van der Waals surface area contributed by atoms with E-state index in [1.807, 2.05) is 0 Å². The summed E-state index contributed by atoms with van der Waals surface area (Å²) in [5, 5.41) is 13.1. The third-order valence-corrected chi connectivity index (χ3v) is 3.18. The molecule has 2 aromatic rings. The number of nitrogens with zero attached hydrogens (tertiary/aromatic N) is 1. The smallest absolute Gasteiger partial charge is 0.324 e. The Morgan fingerprint density at radius 3 is 2.72 bits per heavy atom. The van der Waals surface area contributed by atoms with E-state index in [1.165, 1.54) is 12.1 Å². The molecule has 0 unspecified atom stereocenters. The molecule has 0 fully saturated rings. The lowest BCUT2D eigenvalue weighted by atomic mass is 10.3. The van der Waals surface area contributed by atoms with E-state index in [0.29, 0.717) is 11.4 Å². The molecule has 0 aliphatic heterocycles. The highest BCUT2D eigenvalue weighted by molar-refractivity contribution is 7.17. The molecule has 6 nitrogen and oxygen atoms in total. The highest BCUT2D eigenvalue weighted by Crippen LogP contribution is 2.24. The number of nitrogen functional groups attached to an aromatic ring is 1. The molecule has 3 N–H and O–H groups in total. The first-order valence-corrected chi connectivity index (χ1v) is 5.79. The number of nitrogens with one attached hydrogen (secondary N) is 1. The Morgan fingerprint density at radius 2 is 2.11 bits per heavy atom. The molecule has 92 valence electrons. The van der Waals surface area contributed by atoms with Gasteiger partial charge in [0.2, 0.25) is 0 Å². The van der Waals surface area contributed by atoms with E-state index < -0.39 is 10.8 Å². The molecule has 2 rings (SSSR count). The van der Waals surface area contributed by atoms with Crippen LogP contribution in [0.5, 0.6) is 0 Å². The Balaban J connectivity index is 2.14. The van der Waals surface area contributed by atoms with Crippen LogP contribution in [0, 0.1) is 10.1 Å². The molecule has 0 aliphatic carbocycles. The van der Waals surface area contributed by atoms with Crippen molar-refractivity contribution in [3.05, 3.63) is 51.4 Å². The van der Waals surface area contributed by atoms with Crippen LogP contribution in [0.25, 0.3) is 0 Å². The van der Waals surface area contributed by atoms with Gasteiger partial charge < -0.3 is 11.1 Å². The van der Waals surface area contributed by atoms with E-state index >= 15 is 0 Å². The molecule has 7 heteroatoms. The third kappa shape index (κ3) is 2.64. The zero-order valence-electron chi connectivity index (χ0n) is 9.12. The zero-order chi connectivity index (χ0) is 13.1. The summed E-state index contributed by atoms with van der Waals surface area (Å²) in [7, 11) is 0. The van der Waals surface area contributed by atoms with Crippen molar-refractivity contribution in [1.82, 2.24) is 0 Å². The molecule has 0 radical (unpaired) electrons.